The SMILES string of the molecule is Cc1ccc(S(=O)(=O)N=C(Nc2ccccc2)Oc2ccccc2)cc1. The van der Waals surface area contributed by atoms with Gasteiger partial charge in [-0.15, -0.1) is 4.40 Å². The van der Waals surface area contributed by atoms with Crippen LogP contribution in [0.3, 0.4) is 0 Å². The second kappa shape index (κ2) is 7.84. The molecule has 3 aromatic carbocycles. The van der Waals surface area contributed by atoms with Crippen LogP contribution in [0.2, 0.25) is 0 Å². The van der Waals surface area contributed by atoms with Crippen molar-refractivity contribution in [3.8, 4) is 5.75 Å². The first-order chi connectivity index (χ1) is 12.5. The van der Waals surface area contributed by atoms with Gasteiger partial charge in [0, 0.05) is 5.69 Å². The zero-order chi connectivity index (χ0) is 18.4. The van der Waals surface area contributed by atoms with Crippen molar-refractivity contribution in [1.29, 1.82) is 0 Å². The fraction of sp³-hybridized carbons (Fsp3) is 0.0500. The van der Waals surface area contributed by atoms with Crippen LogP contribution in [-0.4, -0.2) is 14.4 Å². The van der Waals surface area contributed by atoms with E-state index >= 15 is 0 Å². The Kier molecular flexibility index (Phi) is 5.34. The predicted molar refractivity (Wildman–Crippen MR) is 103 cm³/mol. The van der Waals surface area contributed by atoms with Crippen molar-refractivity contribution < 1.29 is 13.2 Å². The maximum Gasteiger partial charge on any atom is 0.310 e. The molecule has 0 atom stereocenters. The summed E-state index contributed by atoms with van der Waals surface area (Å²) in [7, 11) is -3.92. The highest BCUT2D eigenvalue weighted by atomic mass is 32.2. The first kappa shape index (κ1) is 17.7. The molecule has 0 saturated carbocycles. The minimum atomic E-state index is -3.92. The normalized spacial score (nSPS) is 11.8. The Morgan fingerprint density at radius 2 is 1.42 bits per heavy atom. The number of aryl methyl sites for hydroxylation is 1. The Morgan fingerprint density at radius 1 is 0.846 bits per heavy atom. The van der Waals surface area contributed by atoms with E-state index in [2.05, 4.69) is 9.71 Å². The van der Waals surface area contributed by atoms with Crippen molar-refractivity contribution >= 4 is 21.7 Å². The summed E-state index contributed by atoms with van der Waals surface area (Å²) in [5, 5.41) is 2.91. The van der Waals surface area contributed by atoms with E-state index in [0.29, 0.717) is 11.4 Å². The van der Waals surface area contributed by atoms with Crippen LogP contribution in [0.5, 0.6) is 5.75 Å². The van der Waals surface area contributed by atoms with Gasteiger partial charge < -0.3 is 10.1 Å². The third kappa shape index (κ3) is 4.70. The van der Waals surface area contributed by atoms with E-state index in [9.17, 15) is 8.42 Å². The zero-order valence-corrected chi connectivity index (χ0v) is 15.0. The summed E-state index contributed by atoms with van der Waals surface area (Å²) in [5.74, 6) is 0.480. The van der Waals surface area contributed by atoms with E-state index in [-0.39, 0.29) is 10.9 Å². The minimum absolute atomic E-state index is 0.104. The van der Waals surface area contributed by atoms with Gasteiger partial charge in [0.05, 0.1) is 4.90 Å². The van der Waals surface area contributed by atoms with E-state index in [0.717, 1.165) is 5.56 Å². The summed E-state index contributed by atoms with van der Waals surface area (Å²) in [6, 6.07) is 24.4. The van der Waals surface area contributed by atoms with Crippen LogP contribution in [0.25, 0.3) is 0 Å². The van der Waals surface area contributed by atoms with Crippen LogP contribution in [0.15, 0.2) is 94.2 Å². The van der Waals surface area contributed by atoms with E-state index in [1.54, 1.807) is 48.5 Å². The first-order valence-electron chi connectivity index (χ1n) is 7.99. The highest BCUT2D eigenvalue weighted by Crippen LogP contribution is 2.16. The first-order valence-corrected chi connectivity index (χ1v) is 9.43. The summed E-state index contributed by atoms with van der Waals surface area (Å²) < 4.78 is 34.8. The lowest BCUT2D eigenvalue weighted by Gasteiger charge is -2.11. The molecular formula is C20H18N2O3S. The van der Waals surface area contributed by atoms with Crippen molar-refractivity contribution in [3.63, 3.8) is 0 Å². The Labute approximate surface area is 153 Å². The van der Waals surface area contributed by atoms with E-state index < -0.39 is 10.0 Å². The van der Waals surface area contributed by atoms with Gasteiger partial charge in [0.1, 0.15) is 5.75 Å². The fourth-order valence-electron chi connectivity index (χ4n) is 2.18. The second-order valence-corrected chi connectivity index (χ2v) is 7.19. The molecular weight excluding hydrogens is 348 g/mol. The molecule has 0 aromatic heterocycles. The standard InChI is InChI=1S/C20H18N2O3S/c1-16-12-14-19(15-13-16)26(23,24)22-20(21-17-8-4-2-5-9-17)25-18-10-6-3-7-11-18/h2-15H,1H3,(H,21,22). The molecule has 0 spiro atoms. The minimum Gasteiger partial charge on any atom is -0.425 e. The van der Waals surface area contributed by atoms with Gasteiger partial charge in [0.2, 0.25) is 0 Å². The molecule has 1 N–H and O–H groups in total. The number of sulfonamides is 1. The fourth-order valence-corrected chi connectivity index (χ4v) is 3.07. The number of amidine groups is 1. The van der Waals surface area contributed by atoms with Crippen molar-refractivity contribution in [2.45, 2.75) is 11.8 Å². The number of anilines is 1. The molecule has 132 valence electrons. The van der Waals surface area contributed by atoms with Gasteiger partial charge in [-0.25, -0.2) is 0 Å². The summed E-state index contributed by atoms with van der Waals surface area (Å²) in [4.78, 5) is 0.104. The summed E-state index contributed by atoms with van der Waals surface area (Å²) in [5.41, 5.74) is 1.64. The predicted octanol–water partition coefficient (Wildman–Crippen LogP) is 4.23. The number of benzene rings is 3. The quantitative estimate of drug-likeness (QED) is 0.554. The van der Waals surface area contributed by atoms with Gasteiger partial charge in [-0.1, -0.05) is 54.1 Å². The van der Waals surface area contributed by atoms with E-state index in [1.807, 2.05) is 31.2 Å². The van der Waals surface area contributed by atoms with E-state index in [1.165, 1.54) is 12.1 Å². The number of ether oxygens (including phenoxy) is 1. The van der Waals surface area contributed by atoms with Gasteiger partial charge in [0.15, 0.2) is 0 Å². The number of hydrogen-bond donors (Lipinski definition) is 1. The highest BCUT2D eigenvalue weighted by Gasteiger charge is 2.16. The average molecular weight is 366 g/mol. The van der Waals surface area contributed by atoms with Crippen molar-refractivity contribution in [1.82, 2.24) is 0 Å². The Bertz CT molecular complexity index is 941. The maximum atomic E-state index is 12.6. The molecule has 0 amide bonds. The molecule has 5 nitrogen and oxygen atoms in total. The average Bonchev–Trinajstić information content (AvgIpc) is 2.63. The molecule has 0 bridgehead atoms. The molecule has 6 heteroatoms. The number of nitrogens with one attached hydrogen (secondary N) is 1. The lowest BCUT2D eigenvalue weighted by Crippen LogP contribution is -2.21. The van der Waals surface area contributed by atoms with Gasteiger partial charge in [-0.3, -0.25) is 0 Å². The molecule has 0 fully saturated rings. The van der Waals surface area contributed by atoms with Gasteiger partial charge >= 0.3 is 6.02 Å². The lowest BCUT2D eigenvalue weighted by atomic mass is 10.2. The van der Waals surface area contributed by atoms with Crippen LogP contribution >= 0.6 is 0 Å². The largest absolute Gasteiger partial charge is 0.425 e. The molecule has 0 aliphatic rings. The molecule has 3 aromatic rings. The molecule has 0 heterocycles. The number of hydrogen-bond acceptors (Lipinski definition) is 3. The molecule has 0 unspecified atom stereocenters. The third-order valence-electron chi connectivity index (χ3n) is 3.50. The molecule has 0 radical (unpaired) electrons. The monoisotopic (exact) mass is 366 g/mol. The number of para-hydroxylation sites is 2. The Hall–Kier alpha value is -3.12. The van der Waals surface area contributed by atoms with Crippen LogP contribution < -0.4 is 10.1 Å². The summed E-state index contributed by atoms with van der Waals surface area (Å²) in [6.07, 6.45) is 0. The van der Waals surface area contributed by atoms with Crippen molar-refractivity contribution in [2.24, 2.45) is 4.40 Å². The van der Waals surface area contributed by atoms with Crippen molar-refractivity contribution in [2.75, 3.05) is 5.32 Å². The lowest BCUT2D eigenvalue weighted by molar-refractivity contribution is 0.547. The molecule has 0 aliphatic carbocycles. The Balaban J connectivity index is 1.95. The smallest absolute Gasteiger partial charge is 0.310 e. The second-order valence-electron chi connectivity index (χ2n) is 5.59. The van der Waals surface area contributed by atoms with Crippen molar-refractivity contribution in [3.05, 3.63) is 90.5 Å². The topological polar surface area (TPSA) is 67.8 Å². The molecule has 0 saturated heterocycles. The molecule has 3 rings (SSSR count). The Morgan fingerprint density at radius 3 is 2.04 bits per heavy atom. The van der Waals surface area contributed by atoms with Crippen LogP contribution in [-0.2, 0) is 10.0 Å². The number of rotatable bonds is 4. The summed E-state index contributed by atoms with van der Waals surface area (Å²) >= 11 is 0. The molecule has 0 aliphatic heterocycles. The van der Waals surface area contributed by atoms with Crippen LogP contribution in [0, 0.1) is 6.92 Å². The molecule has 26 heavy (non-hydrogen) atoms. The van der Waals surface area contributed by atoms with Crippen LogP contribution in [0.4, 0.5) is 5.69 Å². The maximum absolute atomic E-state index is 12.6. The van der Waals surface area contributed by atoms with E-state index in [4.69, 9.17) is 4.74 Å². The third-order valence-corrected chi connectivity index (χ3v) is 4.78. The van der Waals surface area contributed by atoms with Gasteiger partial charge in [-0.2, -0.15) is 8.42 Å². The van der Waals surface area contributed by atoms with Gasteiger partial charge in [-0.05, 0) is 43.3 Å². The number of nitrogens with zero attached hydrogens (tertiary/aromatic N) is 1. The highest BCUT2D eigenvalue weighted by molar-refractivity contribution is 7.90. The zero-order valence-electron chi connectivity index (χ0n) is 14.2. The van der Waals surface area contributed by atoms with Gasteiger partial charge in [0.25, 0.3) is 10.0 Å². The summed E-state index contributed by atoms with van der Waals surface area (Å²) in [6.45, 7) is 1.89. The van der Waals surface area contributed by atoms with Crippen LogP contribution in [0.1, 0.15) is 5.56 Å².